The van der Waals surface area contributed by atoms with Crippen molar-refractivity contribution in [1.29, 1.82) is 0 Å². The molecule has 4 rings (SSSR count). The number of amides is 1. The van der Waals surface area contributed by atoms with E-state index in [-0.39, 0.29) is 16.9 Å². The molecule has 3 aromatic carbocycles. The Labute approximate surface area is 199 Å². The number of nitrogens with zero attached hydrogens (tertiary/aromatic N) is 1. The van der Waals surface area contributed by atoms with E-state index in [1.54, 1.807) is 18.2 Å². The van der Waals surface area contributed by atoms with Gasteiger partial charge in [-0.1, -0.05) is 56.3 Å². The van der Waals surface area contributed by atoms with Gasteiger partial charge < -0.3 is 14.6 Å². The molecule has 1 unspecified atom stereocenters. The number of methoxy groups -OCH3 is 2. The maximum absolute atomic E-state index is 13.3. The molecule has 6 heteroatoms. The number of benzene rings is 3. The van der Waals surface area contributed by atoms with Crippen LogP contribution < -0.4 is 14.4 Å². The van der Waals surface area contributed by atoms with Gasteiger partial charge in [0, 0.05) is 5.69 Å². The van der Waals surface area contributed by atoms with Crippen LogP contribution in [0.15, 0.2) is 78.4 Å². The average molecular weight is 458 g/mol. The Kier molecular flexibility index (Phi) is 6.41. The van der Waals surface area contributed by atoms with Gasteiger partial charge in [-0.25, -0.2) is 0 Å². The zero-order valence-electron chi connectivity index (χ0n) is 19.6. The van der Waals surface area contributed by atoms with E-state index in [0.29, 0.717) is 28.7 Å². The first kappa shape index (κ1) is 23.1. The predicted molar refractivity (Wildman–Crippen MR) is 131 cm³/mol. The lowest BCUT2D eigenvalue weighted by atomic mass is 9.94. The SMILES string of the molecule is COc1ccc(OC)c(/C(O)=C2\C(=O)C(=O)N(c3ccc(C(C)C)cc3)C2c2ccccc2)c1. The molecule has 174 valence electrons. The first-order valence-electron chi connectivity index (χ1n) is 11.1. The van der Waals surface area contributed by atoms with Gasteiger partial charge in [0.1, 0.15) is 17.3 Å². The Bertz CT molecular complexity index is 1250. The number of ketones is 1. The van der Waals surface area contributed by atoms with Gasteiger partial charge in [-0.05, 0) is 47.4 Å². The molecule has 1 aliphatic heterocycles. The number of aliphatic hydroxyl groups excluding tert-OH is 1. The maximum atomic E-state index is 13.3. The Balaban J connectivity index is 1.94. The molecule has 1 fully saturated rings. The van der Waals surface area contributed by atoms with E-state index in [1.807, 2.05) is 54.6 Å². The molecule has 0 saturated carbocycles. The van der Waals surface area contributed by atoms with Crippen LogP contribution in [0.25, 0.3) is 5.76 Å². The van der Waals surface area contributed by atoms with E-state index in [9.17, 15) is 14.7 Å². The molecule has 1 atom stereocenters. The molecule has 34 heavy (non-hydrogen) atoms. The smallest absolute Gasteiger partial charge is 0.300 e. The Morgan fingerprint density at radius 2 is 1.59 bits per heavy atom. The fourth-order valence-electron chi connectivity index (χ4n) is 4.21. The maximum Gasteiger partial charge on any atom is 0.300 e. The zero-order chi connectivity index (χ0) is 24.4. The molecule has 1 aliphatic rings. The van der Waals surface area contributed by atoms with Crippen LogP contribution in [0.3, 0.4) is 0 Å². The lowest BCUT2D eigenvalue weighted by Gasteiger charge is -2.26. The van der Waals surface area contributed by atoms with E-state index in [2.05, 4.69) is 13.8 Å². The summed E-state index contributed by atoms with van der Waals surface area (Å²) in [6.07, 6.45) is 0. The van der Waals surface area contributed by atoms with E-state index < -0.39 is 17.7 Å². The van der Waals surface area contributed by atoms with Crippen LogP contribution in [0.1, 0.15) is 42.5 Å². The van der Waals surface area contributed by atoms with Crippen LogP contribution in [-0.2, 0) is 9.59 Å². The monoisotopic (exact) mass is 457 g/mol. The van der Waals surface area contributed by atoms with Crippen LogP contribution >= 0.6 is 0 Å². The average Bonchev–Trinajstić information content (AvgIpc) is 3.14. The number of aliphatic hydroxyl groups is 1. The summed E-state index contributed by atoms with van der Waals surface area (Å²) in [5, 5.41) is 11.4. The summed E-state index contributed by atoms with van der Waals surface area (Å²) in [4.78, 5) is 28.1. The summed E-state index contributed by atoms with van der Waals surface area (Å²) in [6.45, 7) is 4.18. The lowest BCUT2D eigenvalue weighted by molar-refractivity contribution is -0.132. The molecular weight excluding hydrogens is 430 g/mol. The second-order valence-electron chi connectivity index (χ2n) is 8.39. The van der Waals surface area contributed by atoms with Crippen molar-refractivity contribution in [3.8, 4) is 11.5 Å². The molecule has 1 amide bonds. The van der Waals surface area contributed by atoms with Gasteiger partial charge in [0.2, 0.25) is 0 Å². The van der Waals surface area contributed by atoms with E-state index in [0.717, 1.165) is 5.56 Å². The number of hydrogen-bond donors (Lipinski definition) is 1. The van der Waals surface area contributed by atoms with Gasteiger partial charge in [-0.2, -0.15) is 0 Å². The van der Waals surface area contributed by atoms with Crippen molar-refractivity contribution in [2.24, 2.45) is 0 Å². The van der Waals surface area contributed by atoms with Gasteiger partial charge in [0.15, 0.2) is 0 Å². The predicted octanol–water partition coefficient (Wildman–Crippen LogP) is 5.45. The third kappa shape index (κ3) is 4.03. The number of carbonyl (C=O) groups is 2. The highest BCUT2D eigenvalue weighted by Crippen LogP contribution is 2.43. The zero-order valence-corrected chi connectivity index (χ0v) is 19.6. The molecule has 1 heterocycles. The largest absolute Gasteiger partial charge is 0.507 e. The fraction of sp³-hybridized carbons (Fsp3) is 0.214. The first-order valence-corrected chi connectivity index (χ1v) is 11.1. The number of Topliss-reactive ketones (excluding diaryl/α,β-unsaturated/α-hetero) is 1. The minimum atomic E-state index is -0.804. The van der Waals surface area contributed by atoms with Crippen molar-refractivity contribution in [3.63, 3.8) is 0 Å². The summed E-state index contributed by atoms with van der Waals surface area (Å²) >= 11 is 0. The number of rotatable bonds is 6. The van der Waals surface area contributed by atoms with Gasteiger partial charge in [-0.15, -0.1) is 0 Å². The van der Waals surface area contributed by atoms with Crippen molar-refractivity contribution in [3.05, 3.63) is 95.1 Å². The fourth-order valence-corrected chi connectivity index (χ4v) is 4.21. The molecule has 0 radical (unpaired) electrons. The van der Waals surface area contributed by atoms with Crippen LogP contribution in [0.5, 0.6) is 11.5 Å². The highest BCUT2D eigenvalue weighted by Gasteiger charge is 2.47. The molecule has 0 bridgehead atoms. The van der Waals surface area contributed by atoms with Gasteiger partial charge in [0.05, 0.1) is 31.4 Å². The number of hydrogen-bond acceptors (Lipinski definition) is 5. The van der Waals surface area contributed by atoms with E-state index >= 15 is 0 Å². The molecule has 0 aromatic heterocycles. The molecule has 1 saturated heterocycles. The molecule has 1 N–H and O–H groups in total. The van der Waals surface area contributed by atoms with Crippen molar-refractivity contribution in [1.82, 2.24) is 0 Å². The quantitative estimate of drug-likeness (QED) is 0.302. The van der Waals surface area contributed by atoms with Crippen molar-refractivity contribution in [2.75, 3.05) is 19.1 Å². The lowest BCUT2D eigenvalue weighted by Crippen LogP contribution is -2.29. The summed E-state index contributed by atoms with van der Waals surface area (Å²) in [6, 6.07) is 20.9. The van der Waals surface area contributed by atoms with Gasteiger partial charge >= 0.3 is 0 Å². The van der Waals surface area contributed by atoms with Crippen molar-refractivity contribution in [2.45, 2.75) is 25.8 Å². The number of ether oxygens (including phenoxy) is 2. The van der Waals surface area contributed by atoms with Crippen LogP contribution in [0, 0.1) is 0 Å². The molecule has 3 aromatic rings. The minimum Gasteiger partial charge on any atom is -0.507 e. The van der Waals surface area contributed by atoms with Crippen LogP contribution in [0.2, 0.25) is 0 Å². The summed E-state index contributed by atoms with van der Waals surface area (Å²) in [5.41, 5.74) is 2.68. The van der Waals surface area contributed by atoms with Crippen LogP contribution in [0.4, 0.5) is 5.69 Å². The van der Waals surface area contributed by atoms with Gasteiger partial charge in [0.25, 0.3) is 11.7 Å². The Hall–Kier alpha value is -4.06. The van der Waals surface area contributed by atoms with Crippen molar-refractivity contribution >= 4 is 23.1 Å². The molecular formula is C28H27NO5. The van der Waals surface area contributed by atoms with E-state index in [1.165, 1.54) is 19.1 Å². The third-order valence-electron chi connectivity index (χ3n) is 6.06. The Morgan fingerprint density at radius 3 is 2.18 bits per heavy atom. The second kappa shape index (κ2) is 9.43. The molecule has 0 aliphatic carbocycles. The van der Waals surface area contributed by atoms with Gasteiger partial charge in [-0.3, -0.25) is 14.5 Å². The standard InChI is InChI=1S/C28H27NO5/c1-17(2)18-10-12-20(13-11-18)29-25(19-8-6-5-7-9-19)24(27(31)28(29)32)26(30)22-16-21(33-3)14-15-23(22)34-4/h5-17,25,30H,1-4H3/b26-24+. The third-order valence-corrected chi connectivity index (χ3v) is 6.06. The molecule has 0 spiro atoms. The first-order chi connectivity index (χ1) is 16.4. The second-order valence-corrected chi connectivity index (χ2v) is 8.39. The number of anilines is 1. The highest BCUT2D eigenvalue weighted by molar-refractivity contribution is 6.51. The normalized spacial score (nSPS) is 17.3. The summed E-state index contributed by atoms with van der Waals surface area (Å²) in [7, 11) is 2.98. The highest BCUT2D eigenvalue weighted by atomic mass is 16.5. The Morgan fingerprint density at radius 1 is 0.912 bits per heavy atom. The topological polar surface area (TPSA) is 76.1 Å². The van der Waals surface area contributed by atoms with E-state index in [4.69, 9.17) is 9.47 Å². The minimum absolute atomic E-state index is 0.00399. The molecule has 6 nitrogen and oxygen atoms in total. The van der Waals surface area contributed by atoms with Crippen LogP contribution in [-0.4, -0.2) is 31.0 Å². The summed E-state index contributed by atoms with van der Waals surface area (Å²) < 4.78 is 10.7. The summed E-state index contributed by atoms with van der Waals surface area (Å²) in [5.74, 6) is -0.604. The number of carbonyl (C=O) groups excluding carboxylic acids is 2. The van der Waals surface area contributed by atoms with Crippen molar-refractivity contribution < 1.29 is 24.2 Å².